The van der Waals surface area contributed by atoms with Gasteiger partial charge < -0.3 is 10.0 Å². The highest BCUT2D eigenvalue weighted by atomic mass is 32.1. The lowest BCUT2D eigenvalue weighted by atomic mass is 10.1. The van der Waals surface area contributed by atoms with Gasteiger partial charge in [0.05, 0.1) is 10.9 Å². The fourth-order valence-electron chi connectivity index (χ4n) is 2.87. The largest absolute Gasteiger partial charge is 0.478 e. The molecule has 0 bridgehead atoms. The van der Waals surface area contributed by atoms with E-state index in [2.05, 4.69) is 29.8 Å². The number of aromatic carboxylic acids is 1. The van der Waals surface area contributed by atoms with Crippen molar-refractivity contribution in [3.63, 3.8) is 0 Å². The Morgan fingerprint density at radius 2 is 1.88 bits per heavy atom. The molecular weight excluding hydrogens is 348 g/mol. The number of nitriles is 1. The van der Waals surface area contributed by atoms with E-state index in [-0.39, 0.29) is 5.56 Å². The van der Waals surface area contributed by atoms with Crippen LogP contribution in [0.1, 0.15) is 34.6 Å². The minimum absolute atomic E-state index is 0.220. The molecule has 0 spiro atoms. The van der Waals surface area contributed by atoms with E-state index in [0.29, 0.717) is 10.7 Å². The Morgan fingerprint density at radius 3 is 2.42 bits per heavy atom. The summed E-state index contributed by atoms with van der Waals surface area (Å²) in [5.41, 5.74) is 1.87. The lowest BCUT2D eigenvalue weighted by Crippen LogP contribution is -2.23. The van der Waals surface area contributed by atoms with Crippen LogP contribution in [0.15, 0.2) is 24.3 Å². The summed E-state index contributed by atoms with van der Waals surface area (Å²) in [5.74, 6) is 0.374. The van der Waals surface area contributed by atoms with Gasteiger partial charge in [0.1, 0.15) is 21.6 Å². The number of carboxylic acid groups (broad SMARTS) is 1. The maximum Gasteiger partial charge on any atom is 0.335 e. The molecule has 0 fully saturated rings. The molecule has 3 aromatic rings. The van der Waals surface area contributed by atoms with Crippen LogP contribution in [0.5, 0.6) is 0 Å². The van der Waals surface area contributed by atoms with Gasteiger partial charge in [-0.3, -0.25) is 0 Å². The summed E-state index contributed by atoms with van der Waals surface area (Å²) in [6.45, 7) is 7.63. The van der Waals surface area contributed by atoms with Gasteiger partial charge in [-0.05, 0) is 38.5 Å². The molecule has 0 saturated carbocycles. The van der Waals surface area contributed by atoms with Crippen LogP contribution in [0.3, 0.4) is 0 Å². The minimum atomic E-state index is -0.968. The predicted molar refractivity (Wildman–Crippen MR) is 103 cm³/mol. The molecule has 3 rings (SSSR count). The number of carboxylic acids is 1. The lowest BCUT2D eigenvalue weighted by molar-refractivity contribution is 0.0697. The van der Waals surface area contributed by atoms with Crippen molar-refractivity contribution < 1.29 is 9.90 Å². The molecule has 1 N–H and O–H groups in total. The van der Waals surface area contributed by atoms with Crippen LogP contribution in [0.25, 0.3) is 21.6 Å². The van der Waals surface area contributed by atoms with E-state index in [1.165, 1.54) is 11.3 Å². The first kappa shape index (κ1) is 17.8. The van der Waals surface area contributed by atoms with Crippen LogP contribution in [0.2, 0.25) is 0 Å². The van der Waals surface area contributed by atoms with Gasteiger partial charge in [0.2, 0.25) is 0 Å². The number of anilines is 1. The molecule has 0 unspecified atom stereocenters. The monoisotopic (exact) mass is 366 g/mol. The highest BCUT2D eigenvalue weighted by molar-refractivity contribution is 7.19. The number of carbonyl (C=O) groups is 1. The first-order valence-electron chi connectivity index (χ1n) is 8.30. The van der Waals surface area contributed by atoms with E-state index >= 15 is 0 Å². The molecular formula is C19H18N4O2S. The zero-order chi connectivity index (χ0) is 18.8. The first-order chi connectivity index (χ1) is 12.5. The molecule has 0 aliphatic heterocycles. The number of fused-ring (bicyclic) bond motifs is 1. The van der Waals surface area contributed by atoms with Crippen molar-refractivity contribution in [3.8, 4) is 17.5 Å². The molecule has 6 nitrogen and oxygen atoms in total. The van der Waals surface area contributed by atoms with Crippen LogP contribution in [0, 0.1) is 18.3 Å². The topological polar surface area (TPSA) is 90.1 Å². The van der Waals surface area contributed by atoms with Gasteiger partial charge in [0, 0.05) is 18.7 Å². The van der Waals surface area contributed by atoms with Gasteiger partial charge in [0.25, 0.3) is 0 Å². The lowest BCUT2D eigenvalue weighted by Gasteiger charge is -2.21. The Kier molecular flexibility index (Phi) is 4.87. The molecule has 26 heavy (non-hydrogen) atoms. The van der Waals surface area contributed by atoms with Gasteiger partial charge in [0.15, 0.2) is 5.82 Å². The molecule has 2 aromatic heterocycles. The van der Waals surface area contributed by atoms with Crippen molar-refractivity contribution in [1.82, 2.24) is 9.97 Å². The van der Waals surface area contributed by atoms with Gasteiger partial charge in [-0.15, -0.1) is 11.3 Å². The molecule has 1 aromatic carbocycles. The Labute approximate surface area is 155 Å². The molecule has 0 radical (unpaired) electrons. The van der Waals surface area contributed by atoms with Gasteiger partial charge in [-0.2, -0.15) is 5.26 Å². The van der Waals surface area contributed by atoms with E-state index in [4.69, 9.17) is 10.1 Å². The standard InChI is InChI=1S/C19H18N4O2S/c1-4-23(5-2)17-15-11(3)14(10-20)26-18(15)22-16(21-17)12-6-8-13(9-7-12)19(24)25/h6-9H,4-5H2,1-3H3,(H,24,25). The second kappa shape index (κ2) is 7.10. The van der Waals surface area contributed by atoms with Gasteiger partial charge in [-0.1, -0.05) is 12.1 Å². The number of benzene rings is 1. The number of hydrogen-bond acceptors (Lipinski definition) is 6. The second-order valence-corrected chi connectivity index (χ2v) is 6.77. The summed E-state index contributed by atoms with van der Waals surface area (Å²) >= 11 is 1.36. The normalized spacial score (nSPS) is 10.7. The molecule has 2 heterocycles. The third kappa shape index (κ3) is 3.00. The molecule has 0 amide bonds. The van der Waals surface area contributed by atoms with Crippen molar-refractivity contribution in [1.29, 1.82) is 5.26 Å². The Bertz CT molecular complexity index is 1010. The average Bonchev–Trinajstić information content (AvgIpc) is 2.98. The second-order valence-electron chi connectivity index (χ2n) is 5.77. The highest BCUT2D eigenvalue weighted by Crippen LogP contribution is 2.36. The summed E-state index contributed by atoms with van der Waals surface area (Å²) in [7, 11) is 0. The summed E-state index contributed by atoms with van der Waals surface area (Å²) in [6.07, 6.45) is 0. The number of aromatic nitrogens is 2. The Morgan fingerprint density at radius 1 is 1.23 bits per heavy atom. The molecule has 0 aliphatic carbocycles. The highest BCUT2D eigenvalue weighted by Gasteiger charge is 2.20. The zero-order valence-corrected chi connectivity index (χ0v) is 15.6. The van der Waals surface area contributed by atoms with Crippen molar-refractivity contribution in [2.24, 2.45) is 0 Å². The van der Waals surface area contributed by atoms with E-state index in [0.717, 1.165) is 40.3 Å². The average molecular weight is 366 g/mol. The van der Waals surface area contributed by atoms with E-state index in [9.17, 15) is 10.1 Å². The van der Waals surface area contributed by atoms with Gasteiger partial charge >= 0.3 is 5.97 Å². The van der Waals surface area contributed by atoms with Crippen molar-refractivity contribution >= 4 is 33.3 Å². The number of aryl methyl sites for hydroxylation is 1. The maximum absolute atomic E-state index is 11.1. The van der Waals surface area contributed by atoms with Crippen LogP contribution in [-0.4, -0.2) is 34.1 Å². The Balaban J connectivity index is 2.24. The van der Waals surface area contributed by atoms with Crippen LogP contribution >= 0.6 is 11.3 Å². The zero-order valence-electron chi connectivity index (χ0n) is 14.8. The van der Waals surface area contributed by atoms with E-state index in [1.807, 2.05) is 6.92 Å². The van der Waals surface area contributed by atoms with Gasteiger partial charge in [-0.25, -0.2) is 14.8 Å². The number of rotatable bonds is 5. The van der Waals surface area contributed by atoms with Crippen LogP contribution < -0.4 is 4.90 Å². The van der Waals surface area contributed by atoms with Crippen LogP contribution in [0.4, 0.5) is 5.82 Å². The number of thiophene rings is 1. The Hall–Kier alpha value is -2.98. The third-order valence-electron chi connectivity index (χ3n) is 4.33. The van der Waals surface area contributed by atoms with Crippen molar-refractivity contribution in [3.05, 3.63) is 40.3 Å². The van der Waals surface area contributed by atoms with Crippen molar-refractivity contribution in [2.75, 3.05) is 18.0 Å². The van der Waals surface area contributed by atoms with Crippen molar-refractivity contribution in [2.45, 2.75) is 20.8 Å². The first-order valence-corrected chi connectivity index (χ1v) is 9.11. The SMILES string of the molecule is CCN(CC)c1nc(-c2ccc(C(=O)O)cc2)nc2sc(C#N)c(C)c12. The third-order valence-corrected chi connectivity index (χ3v) is 5.42. The predicted octanol–water partition coefficient (Wildman–Crippen LogP) is 4.08. The number of nitrogens with zero attached hydrogens (tertiary/aromatic N) is 4. The maximum atomic E-state index is 11.1. The minimum Gasteiger partial charge on any atom is -0.478 e. The van der Waals surface area contributed by atoms with Crippen LogP contribution in [-0.2, 0) is 0 Å². The molecule has 0 aliphatic rings. The molecule has 0 saturated heterocycles. The summed E-state index contributed by atoms with van der Waals surface area (Å²) in [4.78, 5) is 24.0. The number of hydrogen-bond donors (Lipinski definition) is 1. The molecule has 132 valence electrons. The molecule has 7 heteroatoms. The summed E-state index contributed by atoms with van der Waals surface area (Å²) < 4.78 is 0. The van der Waals surface area contributed by atoms with E-state index in [1.54, 1.807) is 24.3 Å². The fourth-order valence-corrected chi connectivity index (χ4v) is 3.84. The fraction of sp³-hybridized carbons (Fsp3) is 0.263. The smallest absolute Gasteiger partial charge is 0.335 e. The van der Waals surface area contributed by atoms with E-state index < -0.39 is 5.97 Å². The summed E-state index contributed by atoms with van der Waals surface area (Å²) in [6, 6.07) is 8.74. The quantitative estimate of drug-likeness (QED) is 0.731. The molecule has 0 atom stereocenters. The summed E-state index contributed by atoms with van der Waals surface area (Å²) in [5, 5.41) is 19.4.